The van der Waals surface area contributed by atoms with Crippen LogP contribution in [0.3, 0.4) is 0 Å². The molecule has 44 heavy (non-hydrogen) atoms. The summed E-state index contributed by atoms with van der Waals surface area (Å²) in [6, 6.07) is 14.8. The Morgan fingerprint density at radius 2 is 1.75 bits per heavy atom. The standard InChI is InChI=1S/C35H45N3O6/c1-42-30-13-11-26(23-31(30)43-2)12-14-32(39)38-19-15-28-27(24-38)10-6-7-16-35(17-20-44-21-18-35)34(41)37-29(33(40)36-28)22-25-8-4-3-5-9-25/h3-9,11,13,23,27-29H,10,12,14-22,24H2,1-2H3,(H,36,40)(H,37,41)/b7-6+/t27-,28+,29-/m1/s1. The van der Waals surface area contributed by atoms with Crippen LogP contribution in [0.1, 0.15) is 49.7 Å². The Hall–Kier alpha value is -3.85. The van der Waals surface area contributed by atoms with E-state index in [9.17, 15) is 14.4 Å². The number of rotatable bonds is 7. The molecule has 3 atom stereocenters. The van der Waals surface area contributed by atoms with E-state index in [1.165, 1.54) is 0 Å². The average Bonchev–Trinajstić information content (AvgIpc) is 3.06. The monoisotopic (exact) mass is 603 g/mol. The van der Waals surface area contributed by atoms with Gasteiger partial charge in [-0.2, -0.15) is 0 Å². The molecular weight excluding hydrogens is 558 g/mol. The van der Waals surface area contributed by atoms with Gasteiger partial charge in [-0.05, 0) is 61.8 Å². The average molecular weight is 604 g/mol. The highest BCUT2D eigenvalue weighted by atomic mass is 16.5. The predicted molar refractivity (Wildman–Crippen MR) is 167 cm³/mol. The maximum absolute atomic E-state index is 13.8. The van der Waals surface area contributed by atoms with E-state index in [-0.39, 0.29) is 29.7 Å². The lowest BCUT2D eigenvalue weighted by Gasteiger charge is -2.40. The van der Waals surface area contributed by atoms with Crippen molar-refractivity contribution in [2.45, 2.75) is 63.5 Å². The van der Waals surface area contributed by atoms with Gasteiger partial charge in [-0.3, -0.25) is 14.4 Å². The molecule has 5 rings (SSSR count). The van der Waals surface area contributed by atoms with Gasteiger partial charge in [0.2, 0.25) is 17.7 Å². The Morgan fingerprint density at radius 3 is 2.50 bits per heavy atom. The van der Waals surface area contributed by atoms with Crippen molar-refractivity contribution >= 4 is 17.7 Å². The van der Waals surface area contributed by atoms with E-state index in [1.807, 2.05) is 53.4 Å². The summed E-state index contributed by atoms with van der Waals surface area (Å²) in [6.07, 6.45) is 8.91. The van der Waals surface area contributed by atoms with Crippen LogP contribution >= 0.6 is 0 Å². The van der Waals surface area contributed by atoms with E-state index in [0.717, 1.165) is 17.5 Å². The summed E-state index contributed by atoms with van der Waals surface area (Å²) in [7, 11) is 3.21. The fraction of sp³-hybridized carbons (Fsp3) is 0.514. The molecule has 3 aliphatic heterocycles. The molecule has 2 fully saturated rings. The Bertz CT molecular complexity index is 1320. The molecule has 3 aliphatic rings. The summed E-state index contributed by atoms with van der Waals surface area (Å²) in [5.74, 6) is 1.25. The SMILES string of the molecule is COc1ccc(CCC(=O)N2CC[C@@H]3NC(=O)[C@@H](Cc4ccccc4)NC(=O)C4(C/C=C/C[C@@H]3C2)CCOCC4)cc1OC. The first kappa shape index (κ1) is 31.6. The summed E-state index contributed by atoms with van der Waals surface area (Å²) in [5.41, 5.74) is 1.41. The molecule has 0 aromatic heterocycles. The number of nitrogens with zero attached hydrogens (tertiary/aromatic N) is 1. The highest BCUT2D eigenvalue weighted by Gasteiger charge is 2.41. The third-order valence-corrected chi connectivity index (χ3v) is 9.44. The zero-order valence-electron chi connectivity index (χ0n) is 25.9. The molecule has 2 saturated heterocycles. The minimum absolute atomic E-state index is 0.0754. The normalized spacial score (nSPS) is 24.6. The fourth-order valence-corrected chi connectivity index (χ4v) is 6.65. The summed E-state index contributed by atoms with van der Waals surface area (Å²) >= 11 is 0. The second-order valence-electron chi connectivity index (χ2n) is 12.2. The molecule has 0 unspecified atom stereocenters. The van der Waals surface area contributed by atoms with Gasteiger partial charge in [0.1, 0.15) is 6.04 Å². The number of fused-ring (bicyclic) bond motifs is 1. The van der Waals surface area contributed by atoms with Crippen LogP contribution in [0.15, 0.2) is 60.7 Å². The fourth-order valence-electron chi connectivity index (χ4n) is 6.65. The number of methoxy groups -OCH3 is 2. The number of allylic oxidation sites excluding steroid dienone is 2. The smallest absolute Gasteiger partial charge is 0.243 e. The number of piperidine rings is 1. The first-order valence-electron chi connectivity index (χ1n) is 15.8. The van der Waals surface area contributed by atoms with E-state index < -0.39 is 11.5 Å². The van der Waals surface area contributed by atoms with Crippen molar-refractivity contribution in [3.63, 3.8) is 0 Å². The van der Waals surface area contributed by atoms with E-state index in [4.69, 9.17) is 14.2 Å². The Morgan fingerprint density at radius 1 is 0.977 bits per heavy atom. The number of benzene rings is 2. The summed E-state index contributed by atoms with van der Waals surface area (Å²) < 4.78 is 16.4. The third kappa shape index (κ3) is 7.62. The van der Waals surface area contributed by atoms with E-state index >= 15 is 0 Å². The number of hydrogen-bond donors (Lipinski definition) is 2. The number of nitrogens with one attached hydrogen (secondary N) is 2. The predicted octanol–water partition coefficient (Wildman–Crippen LogP) is 3.84. The number of likely N-dealkylation sites (tertiary alicyclic amines) is 1. The molecule has 9 heteroatoms. The molecule has 2 aromatic rings. The van der Waals surface area contributed by atoms with Crippen molar-refractivity contribution in [3.8, 4) is 11.5 Å². The van der Waals surface area contributed by atoms with Crippen molar-refractivity contribution in [3.05, 3.63) is 71.8 Å². The van der Waals surface area contributed by atoms with Crippen molar-refractivity contribution in [2.24, 2.45) is 11.3 Å². The molecule has 1 spiro atoms. The number of carbonyl (C=O) groups is 3. The molecule has 2 N–H and O–H groups in total. The van der Waals surface area contributed by atoms with E-state index in [1.54, 1.807) is 14.2 Å². The maximum atomic E-state index is 13.8. The number of ether oxygens (including phenoxy) is 3. The molecule has 236 valence electrons. The number of amides is 3. The van der Waals surface area contributed by atoms with Crippen LogP contribution in [0.4, 0.5) is 0 Å². The topological polar surface area (TPSA) is 106 Å². The van der Waals surface area contributed by atoms with Crippen LogP contribution in [0.5, 0.6) is 11.5 Å². The quantitative estimate of drug-likeness (QED) is 0.466. The van der Waals surface area contributed by atoms with Gasteiger partial charge in [0.25, 0.3) is 0 Å². The zero-order valence-corrected chi connectivity index (χ0v) is 25.9. The molecule has 0 saturated carbocycles. The van der Waals surface area contributed by atoms with Gasteiger partial charge in [-0.25, -0.2) is 0 Å². The number of hydrogen-bond acceptors (Lipinski definition) is 6. The van der Waals surface area contributed by atoms with Crippen LogP contribution < -0.4 is 20.1 Å². The second kappa shape index (κ2) is 14.8. The van der Waals surface area contributed by atoms with Gasteiger partial charge in [-0.15, -0.1) is 0 Å². The lowest BCUT2D eigenvalue weighted by atomic mass is 9.75. The van der Waals surface area contributed by atoms with Gasteiger partial charge >= 0.3 is 0 Å². The van der Waals surface area contributed by atoms with Crippen LogP contribution in [0, 0.1) is 11.3 Å². The van der Waals surface area contributed by atoms with Crippen LogP contribution in [0.2, 0.25) is 0 Å². The first-order chi connectivity index (χ1) is 21.4. The van der Waals surface area contributed by atoms with Crippen molar-refractivity contribution < 1.29 is 28.6 Å². The summed E-state index contributed by atoms with van der Waals surface area (Å²) in [4.78, 5) is 42.9. The Labute approximate surface area is 260 Å². The van der Waals surface area contributed by atoms with Gasteiger partial charge < -0.3 is 29.7 Å². The minimum Gasteiger partial charge on any atom is -0.493 e. The molecule has 9 nitrogen and oxygen atoms in total. The first-order valence-corrected chi connectivity index (χ1v) is 15.8. The van der Waals surface area contributed by atoms with Gasteiger partial charge in [0, 0.05) is 51.1 Å². The van der Waals surface area contributed by atoms with Crippen LogP contribution in [-0.2, 0) is 32.0 Å². The highest BCUT2D eigenvalue weighted by molar-refractivity contribution is 5.90. The van der Waals surface area contributed by atoms with Crippen LogP contribution in [-0.4, -0.2) is 75.2 Å². The minimum atomic E-state index is -0.685. The molecule has 0 aliphatic carbocycles. The molecule has 3 amide bonds. The van der Waals surface area contributed by atoms with E-state index in [2.05, 4.69) is 22.8 Å². The van der Waals surface area contributed by atoms with Crippen molar-refractivity contribution in [2.75, 3.05) is 40.5 Å². The maximum Gasteiger partial charge on any atom is 0.243 e. The van der Waals surface area contributed by atoms with Gasteiger partial charge in [-0.1, -0.05) is 48.6 Å². The molecule has 2 aromatic carbocycles. The largest absolute Gasteiger partial charge is 0.493 e. The summed E-state index contributed by atoms with van der Waals surface area (Å²) in [5, 5.41) is 6.43. The lowest BCUT2D eigenvalue weighted by Crippen LogP contribution is -2.58. The second-order valence-corrected chi connectivity index (χ2v) is 12.2. The molecule has 3 heterocycles. The van der Waals surface area contributed by atoms with Crippen molar-refractivity contribution in [1.29, 1.82) is 0 Å². The Balaban J connectivity index is 1.30. The number of aryl methyl sites for hydroxylation is 1. The summed E-state index contributed by atoms with van der Waals surface area (Å²) in [6.45, 7) is 2.22. The number of carbonyl (C=O) groups excluding carboxylic acids is 3. The highest BCUT2D eigenvalue weighted by Crippen LogP contribution is 2.36. The zero-order chi connectivity index (χ0) is 30.9. The van der Waals surface area contributed by atoms with Crippen molar-refractivity contribution in [1.82, 2.24) is 15.5 Å². The third-order valence-electron chi connectivity index (χ3n) is 9.44. The van der Waals surface area contributed by atoms with E-state index in [0.29, 0.717) is 82.7 Å². The molecular formula is C35H45N3O6. The molecule has 0 bridgehead atoms. The Kier molecular flexibility index (Phi) is 10.6. The lowest BCUT2D eigenvalue weighted by molar-refractivity contribution is -0.140. The van der Waals surface area contributed by atoms with Crippen LogP contribution in [0.25, 0.3) is 0 Å². The van der Waals surface area contributed by atoms with Gasteiger partial charge in [0.15, 0.2) is 11.5 Å². The van der Waals surface area contributed by atoms with Gasteiger partial charge in [0.05, 0.1) is 19.6 Å². The molecule has 0 radical (unpaired) electrons.